The van der Waals surface area contributed by atoms with Crippen LogP contribution in [-0.4, -0.2) is 35.9 Å². The zero-order valence-corrected chi connectivity index (χ0v) is 10.6. The Balaban J connectivity index is 2.01. The molecule has 2 rings (SSSR count). The molecule has 1 amide bonds. The minimum Gasteiger partial charge on any atom is -0.441 e. The summed E-state index contributed by atoms with van der Waals surface area (Å²) in [7, 11) is 1.88. The summed E-state index contributed by atoms with van der Waals surface area (Å²) >= 11 is 0. The van der Waals surface area contributed by atoms with Crippen molar-refractivity contribution in [3.8, 4) is 0 Å². The number of carbonyl (C=O) groups excluding carboxylic acids is 1. The number of aryl methyl sites for hydroxylation is 1. The fourth-order valence-electron chi connectivity index (χ4n) is 1.91. The molecule has 0 aliphatic heterocycles. The van der Waals surface area contributed by atoms with Crippen molar-refractivity contribution in [3.05, 3.63) is 29.7 Å². The van der Waals surface area contributed by atoms with Crippen LogP contribution in [0.15, 0.2) is 22.6 Å². The molecular weight excluding hydrogens is 230 g/mol. The highest BCUT2D eigenvalue weighted by Gasteiger charge is 2.05. The predicted octanol–water partition coefficient (Wildman–Crippen LogP) is 1.10. The average Bonchev–Trinajstić information content (AvgIpc) is 2.64. The molecule has 0 fully saturated rings. The number of carbonyl (C=O) groups is 1. The van der Waals surface area contributed by atoms with E-state index in [-0.39, 0.29) is 12.5 Å². The van der Waals surface area contributed by atoms with Crippen LogP contribution in [0.5, 0.6) is 0 Å². The molecule has 1 aromatic carbocycles. The van der Waals surface area contributed by atoms with Crippen LogP contribution in [-0.2, 0) is 11.2 Å². The lowest BCUT2D eigenvalue weighted by atomic mass is 10.1. The number of amides is 1. The van der Waals surface area contributed by atoms with Crippen molar-refractivity contribution >= 4 is 17.0 Å². The van der Waals surface area contributed by atoms with Crippen molar-refractivity contribution in [2.45, 2.75) is 13.3 Å². The topological polar surface area (TPSA) is 72.4 Å². The van der Waals surface area contributed by atoms with Crippen LogP contribution in [0.3, 0.4) is 0 Å². The Kier molecular flexibility index (Phi) is 3.62. The zero-order valence-electron chi connectivity index (χ0n) is 10.6. The molecule has 0 bridgehead atoms. The minimum absolute atomic E-state index is 0.283. The van der Waals surface area contributed by atoms with Gasteiger partial charge in [-0.15, -0.1) is 0 Å². The Labute approximate surface area is 106 Å². The van der Waals surface area contributed by atoms with Gasteiger partial charge in [-0.2, -0.15) is 0 Å². The lowest BCUT2D eigenvalue weighted by molar-refractivity contribution is -0.118. The van der Waals surface area contributed by atoms with Crippen molar-refractivity contribution in [1.82, 2.24) is 9.88 Å². The van der Waals surface area contributed by atoms with Crippen LogP contribution in [0.2, 0.25) is 0 Å². The monoisotopic (exact) mass is 247 g/mol. The van der Waals surface area contributed by atoms with Gasteiger partial charge in [0, 0.05) is 13.5 Å². The van der Waals surface area contributed by atoms with Gasteiger partial charge in [-0.05, 0) is 31.2 Å². The molecule has 1 heterocycles. The van der Waals surface area contributed by atoms with Crippen LogP contribution in [0.4, 0.5) is 0 Å². The van der Waals surface area contributed by atoms with Crippen molar-refractivity contribution in [2.24, 2.45) is 5.73 Å². The third-order valence-corrected chi connectivity index (χ3v) is 2.77. The summed E-state index contributed by atoms with van der Waals surface area (Å²) in [5.74, 6) is 0.369. The van der Waals surface area contributed by atoms with Crippen LogP contribution in [0.1, 0.15) is 11.5 Å². The second kappa shape index (κ2) is 5.18. The van der Waals surface area contributed by atoms with E-state index < -0.39 is 0 Å². The predicted molar refractivity (Wildman–Crippen MR) is 69.1 cm³/mol. The van der Waals surface area contributed by atoms with Gasteiger partial charge in [0.15, 0.2) is 11.5 Å². The molecule has 0 atom stereocenters. The number of aromatic nitrogens is 1. The Morgan fingerprint density at radius 2 is 2.28 bits per heavy atom. The number of benzene rings is 1. The molecule has 0 aliphatic carbocycles. The quantitative estimate of drug-likeness (QED) is 0.858. The second-order valence-electron chi connectivity index (χ2n) is 4.49. The van der Waals surface area contributed by atoms with Crippen molar-refractivity contribution in [2.75, 3.05) is 20.1 Å². The SMILES string of the molecule is Cc1nc2cc(CCN(C)CC(N)=O)ccc2o1. The first-order valence-corrected chi connectivity index (χ1v) is 5.87. The third-order valence-electron chi connectivity index (χ3n) is 2.77. The van der Waals surface area contributed by atoms with Crippen molar-refractivity contribution < 1.29 is 9.21 Å². The number of hydrogen-bond acceptors (Lipinski definition) is 4. The normalized spacial score (nSPS) is 11.3. The van der Waals surface area contributed by atoms with E-state index in [4.69, 9.17) is 10.2 Å². The molecule has 0 radical (unpaired) electrons. The Morgan fingerprint density at radius 3 is 3.00 bits per heavy atom. The van der Waals surface area contributed by atoms with Crippen molar-refractivity contribution in [1.29, 1.82) is 0 Å². The summed E-state index contributed by atoms with van der Waals surface area (Å²) < 4.78 is 5.42. The molecule has 0 spiro atoms. The van der Waals surface area contributed by atoms with Crippen molar-refractivity contribution in [3.63, 3.8) is 0 Å². The average molecular weight is 247 g/mol. The minimum atomic E-state index is -0.305. The lowest BCUT2D eigenvalue weighted by Crippen LogP contribution is -2.32. The number of hydrogen-bond donors (Lipinski definition) is 1. The first-order chi connectivity index (χ1) is 8.54. The zero-order chi connectivity index (χ0) is 13.1. The molecule has 0 unspecified atom stereocenters. The molecule has 1 aromatic heterocycles. The summed E-state index contributed by atoms with van der Waals surface area (Å²) in [4.78, 5) is 17.0. The number of fused-ring (bicyclic) bond motifs is 1. The molecule has 5 nitrogen and oxygen atoms in total. The maximum Gasteiger partial charge on any atom is 0.231 e. The fourth-order valence-corrected chi connectivity index (χ4v) is 1.91. The number of nitrogens with two attached hydrogens (primary N) is 1. The van der Waals surface area contributed by atoms with E-state index >= 15 is 0 Å². The van der Waals surface area contributed by atoms with Gasteiger partial charge in [0.2, 0.25) is 5.91 Å². The van der Waals surface area contributed by atoms with Gasteiger partial charge >= 0.3 is 0 Å². The highest BCUT2D eigenvalue weighted by atomic mass is 16.3. The van der Waals surface area contributed by atoms with E-state index in [9.17, 15) is 4.79 Å². The number of primary amides is 1. The highest BCUT2D eigenvalue weighted by Crippen LogP contribution is 2.17. The van der Waals surface area contributed by atoms with E-state index in [0.29, 0.717) is 5.89 Å². The maximum atomic E-state index is 10.8. The van der Waals surface area contributed by atoms with Crippen LogP contribution >= 0.6 is 0 Å². The number of oxazole rings is 1. The van der Waals surface area contributed by atoms with E-state index in [1.165, 1.54) is 5.56 Å². The standard InChI is InChI=1S/C13H17N3O2/c1-9-15-11-7-10(3-4-12(11)18-9)5-6-16(2)8-13(14)17/h3-4,7H,5-6,8H2,1-2H3,(H2,14,17). The molecule has 18 heavy (non-hydrogen) atoms. The van der Waals surface area contributed by atoms with Gasteiger partial charge in [0.1, 0.15) is 5.52 Å². The summed E-state index contributed by atoms with van der Waals surface area (Å²) in [6, 6.07) is 5.97. The van der Waals surface area contributed by atoms with E-state index in [1.54, 1.807) is 0 Å². The summed E-state index contributed by atoms with van der Waals surface area (Å²) in [6.45, 7) is 2.90. The number of likely N-dealkylation sites (N-methyl/N-ethyl adjacent to an activating group) is 1. The summed E-state index contributed by atoms with van der Waals surface area (Å²) in [5.41, 5.74) is 7.99. The van der Waals surface area contributed by atoms with Gasteiger partial charge in [0.05, 0.1) is 6.54 Å². The maximum absolute atomic E-state index is 10.8. The lowest BCUT2D eigenvalue weighted by Gasteiger charge is -2.13. The van der Waals surface area contributed by atoms with E-state index in [2.05, 4.69) is 4.98 Å². The number of nitrogens with zero attached hydrogens (tertiary/aromatic N) is 2. The first-order valence-electron chi connectivity index (χ1n) is 5.87. The molecule has 0 aliphatic rings. The molecule has 5 heteroatoms. The molecule has 96 valence electrons. The molecule has 2 N–H and O–H groups in total. The van der Waals surface area contributed by atoms with Gasteiger partial charge in [-0.25, -0.2) is 4.98 Å². The molecule has 0 saturated heterocycles. The van der Waals surface area contributed by atoms with E-state index in [0.717, 1.165) is 24.1 Å². The summed E-state index contributed by atoms with van der Waals surface area (Å²) in [5, 5.41) is 0. The number of rotatable bonds is 5. The second-order valence-corrected chi connectivity index (χ2v) is 4.49. The fraction of sp³-hybridized carbons (Fsp3) is 0.385. The highest BCUT2D eigenvalue weighted by molar-refractivity contribution is 5.76. The van der Waals surface area contributed by atoms with Crippen LogP contribution in [0, 0.1) is 6.92 Å². The van der Waals surface area contributed by atoms with Gasteiger partial charge in [0.25, 0.3) is 0 Å². The van der Waals surface area contributed by atoms with Crippen LogP contribution < -0.4 is 5.73 Å². The third kappa shape index (κ3) is 3.07. The van der Waals surface area contributed by atoms with Gasteiger partial charge < -0.3 is 10.2 Å². The molecular formula is C13H17N3O2. The largest absolute Gasteiger partial charge is 0.441 e. The molecule has 0 saturated carbocycles. The van der Waals surface area contributed by atoms with Gasteiger partial charge in [-0.1, -0.05) is 6.07 Å². The Morgan fingerprint density at radius 1 is 1.50 bits per heavy atom. The Bertz CT molecular complexity index is 562. The smallest absolute Gasteiger partial charge is 0.231 e. The van der Waals surface area contributed by atoms with Crippen LogP contribution in [0.25, 0.3) is 11.1 Å². The Hall–Kier alpha value is -1.88. The van der Waals surface area contributed by atoms with Gasteiger partial charge in [-0.3, -0.25) is 9.69 Å². The summed E-state index contributed by atoms with van der Waals surface area (Å²) in [6.07, 6.45) is 0.853. The van der Waals surface area contributed by atoms with E-state index in [1.807, 2.05) is 37.1 Å². The first kappa shape index (κ1) is 12.6. The molecule has 2 aromatic rings.